The summed E-state index contributed by atoms with van der Waals surface area (Å²) in [5.41, 5.74) is 11.5. The van der Waals surface area contributed by atoms with Gasteiger partial charge >= 0.3 is 0 Å². The molecular weight excluding hydrogens is 578 g/mol. The Morgan fingerprint density at radius 3 is 2.34 bits per heavy atom. The first-order valence-corrected chi connectivity index (χ1v) is 16.6. The Bertz CT molecular complexity index is 1740. The van der Waals surface area contributed by atoms with Gasteiger partial charge in [0.25, 0.3) is 5.91 Å². The number of benzene rings is 2. The first-order chi connectivity index (χ1) is 20.5. The third-order valence-electron chi connectivity index (χ3n) is 7.68. The maximum absolute atomic E-state index is 13.6. The monoisotopic (exact) mass is 621 g/mol. The maximum atomic E-state index is 13.6. The van der Waals surface area contributed by atoms with Crippen LogP contribution in [0.5, 0.6) is 5.75 Å². The van der Waals surface area contributed by atoms with E-state index in [1.165, 1.54) is 20.0 Å². The first-order valence-electron chi connectivity index (χ1n) is 14.7. The highest BCUT2D eigenvalue weighted by Gasteiger charge is 2.34. The van der Waals surface area contributed by atoms with E-state index in [1.54, 1.807) is 12.1 Å². The van der Waals surface area contributed by atoms with Crippen molar-refractivity contribution in [2.24, 2.45) is 0 Å². The van der Waals surface area contributed by atoms with Gasteiger partial charge in [0.1, 0.15) is 5.82 Å². The lowest BCUT2D eigenvalue weighted by Gasteiger charge is -2.26. The number of aromatic nitrogens is 2. The second-order valence-corrected chi connectivity index (χ2v) is 15.4. The number of imidazole rings is 1. The van der Waals surface area contributed by atoms with Crippen LogP contribution >= 0.6 is 0 Å². The van der Waals surface area contributed by atoms with E-state index in [9.17, 15) is 13.2 Å². The number of nitrogens with one attached hydrogen (secondary N) is 4. The van der Waals surface area contributed by atoms with Crippen LogP contribution in [0, 0.1) is 6.92 Å². The molecule has 2 aliphatic rings. The number of amides is 1. The first kappa shape index (κ1) is 31.4. The third kappa shape index (κ3) is 6.56. The van der Waals surface area contributed by atoms with Crippen molar-refractivity contribution in [1.29, 1.82) is 0 Å². The Kier molecular flexibility index (Phi) is 7.96. The lowest BCUT2D eigenvalue weighted by Crippen LogP contribution is -2.37. The fraction of sp³-hybridized carbons (Fsp3) is 0.438. The van der Waals surface area contributed by atoms with Crippen LogP contribution in [-0.2, 0) is 21.0 Å². The van der Waals surface area contributed by atoms with Crippen LogP contribution in [0.25, 0.3) is 5.70 Å². The molecule has 11 nitrogen and oxygen atoms in total. The van der Waals surface area contributed by atoms with Gasteiger partial charge in [0.15, 0.2) is 5.75 Å². The van der Waals surface area contributed by atoms with Crippen molar-refractivity contribution >= 4 is 38.7 Å². The van der Waals surface area contributed by atoms with Gasteiger partial charge in [-0.3, -0.25) is 20.0 Å². The number of nitrogens with zero attached hydrogens (tertiary/aromatic N) is 3. The topological polar surface area (TPSA) is 130 Å². The molecule has 236 valence electrons. The summed E-state index contributed by atoms with van der Waals surface area (Å²) in [6.45, 7) is 14.6. The molecule has 0 saturated heterocycles. The molecule has 1 aromatic heterocycles. The number of hydrazine groups is 2. The highest BCUT2D eigenvalue weighted by Crippen LogP contribution is 2.42. The number of aryl methyl sites for hydroxylation is 1. The second kappa shape index (κ2) is 11.2. The van der Waals surface area contributed by atoms with Gasteiger partial charge in [-0.2, -0.15) is 0 Å². The molecule has 1 aliphatic carbocycles. The predicted octanol–water partition coefficient (Wildman–Crippen LogP) is 5.58. The van der Waals surface area contributed by atoms with Crippen molar-refractivity contribution in [3.8, 4) is 5.75 Å². The lowest BCUT2D eigenvalue weighted by molar-refractivity contribution is 0.102. The zero-order valence-electron chi connectivity index (χ0n) is 26.9. The molecule has 2 aromatic carbocycles. The summed E-state index contributed by atoms with van der Waals surface area (Å²) >= 11 is 0. The Hall–Kier alpha value is -4.03. The van der Waals surface area contributed by atoms with Gasteiger partial charge in [-0.05, 0) is 81.3 Å². The molecule has 12 heteroatoms. The maximum Gasteiger partial charge on any atom is 0.255 e. The SMILES string of the molecule is COc1c(NC(=O)c2ccc(C)c(N3C=C(c4cnc(C5CC5)n4C(C)(C)C)NN3)c2)cc(C(C)(C)C)cc1NS(C)(=O)=O. The zero-order chi connectivity index (χ0) is 32.2. The minimum atomic E-state index is -3.60. The van der Waals surface area contributed by atoms with E-state index in [4.69, 9.17) is 9.72 Å². The molecule has 2 heterocycles. The van der Waals surface area contributed by atoms with Crippen LogP contribution in [0.2, 0.25) is 0 Å². The number of hydrogen-bond acceptors (Lipinski definition) is 8. The molecule has 0 atom stereocenters. The van der Waals surface area contributed by atoms with Crippen LogP contribution in [0.15, 0.2) is 42.7 Å². The number of sulfonamides is 1. The minimum absolute atomic E-state index is 0.143. The summed E-state index contributed by atoms with van der Waals surface area (Å²) in [5.74, 6) is 1.48. The number of methoxy groups -OCH3 is 1. The predicted molar refractivity (Wildman–Crippen MR) is 175 cm³/mol. The van der Waals surface area contributed by atoms with E-state index in [2.05, 4.69) is 46.3 Å². The summed E-state index contributed by atoms with van der Waals surface area (Å²) in [4.78, 5) is 18.4. The molecule has 1 amide bonds. The van der Waals surface area contributed by atoms with E-state index in [0.29, 0.717) is 17.2 Å². The summed E-state index contributed by atoms with van der Waals surface area (Å²) in [6.07, 6.45) is 7.30. The lowest BCUT2D eigenvalue weighted by atomic mass is 9.86. The average molecular weight is 622 g/mol. The fourth-order valence-electron chi connectivity index (χ4n) is 5.32. The van der Waals surface area contributed by atoms with E-state index in [1.807, 2.05) is 63.3 Å². The number of hydrogen-bond donors (Lipinski definition) is 4. The number of carbonyl (C=O) groups is 1. The van der Waals surface area contributed by atoms with Gasteiger partial charge in [0, 0.05) is 17.0 Å². The molecule has 0 radical (unpaired) electrons. The van der Waals surface area contributed by atoms with Crippen molar-refractivity contribution in [2.75, 3.05) is 28.4 Å². The van der Waals surface area contributed by atoms with Gasteiger partial charge in [-0.25, -0.2) is 13.4 Å². The molecule has 0 spiro atoms. The highest BCUT2D eigenvalue weighted by molar-refractivity contribution is 7.92. The largest absolute Gasteiger partial charge is 0.492 e. The second-order valence-electron chi connectivity index (χ2n) is 13.6. The van der Waals surface area contributed by atoms with E-state index < -0.39 is 10.0 Å². The van der Waals surface area contributed by atoms with Crippen LogP contribution in [-0.4, -0.2) is 37.2 Å². The van der Waals surface area contributed by atoms with Gasteiger partial charge < -0.3 is 14.6 Å². The Morgan fingerprint density at radius 1 is 1.07 bits per heavy atom. The molecule has 0 unspecified atom stereocenters. The van der Waals surface area contributed by atoms with Gasteiger partial charge in [-0.15, -0.1) is 5.53 Å². The van der Waals surface area contributed by atoms with Crippen molar-refractivity contribution in [3.05, 3.63) is 70.9 Å². The van der Waals surface area contributed by atoms with Crippen LogP contribution in [0.1, 0.15) is 93.3 Å². The molecular formula is C32H43N7O4S. The number of ether oxygens (including phenoxy) is 1. The average Bonchev–Trinajstić information content (AvgIpc) is 3.45. The molecule has 44 heavy (non-hydrogen) atoms. The standard InChI is InChI=1S/C32H43N7O4S/c1-19-10-11-21(30(40)34-23-15-22(31(2,3)4)16-24(28(23)43-8)36-44(9,41)42)14-26(19)38-18-25(35-37-38)27-17-33-29(20-12-13-20)39(27)32(5,6)7/h10-11,14-18,20,35-37H,12-13H2,1-9H3,(H,34,40). The van der Waals surface area contributed by atoms with E-state index in [-0.39, 0.29) is 28.3 Å². The van der Waals surface area contributed by atoms with Crippen molar-refractivity contribution in [2.45, 2.75) is 78.2 Å². The Balaban J connectivity index is 1.46. The minimum Gasteiger partial charge on any atom is -0.492 e. The molecule has 3 aromatic rings. The zero-order valence-corrected chi connectivity index (χ0v) is 27.7. The van der Waals surface area contributed by atoms with Gasteiger partial charge in [0.2, 0.25) is 10.0 Å². The summed E-state index contributed by atoms with van der Waals surface area (Å²) in [7, 11) is -2.16. The number of anilines is 3. The summed E-state index contributed by atoms with van der Waals surface area (Å²) < 4.78 is 34.6. The summed E-state index contributed by atoms with van der Waals surface area (Å²) in [6, 6.07) is 9.00. The fourth-order valence-corrected chi connectivity index (χ4v) is 5.87. The molecule has 1 saturated carbocycles. The molecule has 0 bridgehead atoms. The van der Waals surface area contributed by atoms with Crippen LogP contribution < -0.4 is 30.7 Å². The van der Waals surface area contributed by atoms with Crippen molar-refractivity contribution < 1.29 is 17.9 Å². The third-order valence-corrected chi connectivity index (χ3v) is 8.27. The quantitative estimate of drug-likeness (QED) is 0.257. The molecule has 5 rings (SSSR count). The van der Waals surface area contributed by atoms with Crippen LogP contribution in [0.4, 0.5) is 17.1 Å². The molecule has 1 fully saturated rings. The molecule has 4 N–H and O–H groups in total. The Labute approximate surface area is 260 Å². The number of rotatable bonds is 8. The van der Waals surface area contributed by atoms with E-state index >= 15 is 0 Å². The normalized spacial score (nSPS) is 15.6. The smallest absolute Gasteiger partial charge is 0.255 e. The van der Waals surface area contributed by atoms with Gasteiger partial charge in [0.05, 0.1) is 54.2 Å². The van der Waals surface area contributed by atoms with Crippen molar-refractivity contribution in [3.63, 3.8) is 0 Å². The number of carbonyl (C=O) groups excluding carboxylic acids is 1. The highest BCUT2D eigenvalue weighted by atomic mass is 32.2. The molecule has 1 aliphatic heterocycles. The Morgan fingerprint density at radius 2 is 1.75 bits per heavy atom. The van der Waals surface area contributed by atoms with Gasteiger partial charge in [-0.1, -0.05) is 26.8 Å². The van der Waals surface area contributed by atoms with Crippen LogP contribution in [0.3, 0.4) is 0 Å². The van der Waals surface area contributed by atoms with E-state index in [0.717, 1.165) is 40.3 Å². The van der Waals surface area contributed by atoms with Crippen molar-refractivity contribution in [1.82, 2.24) is 20.5 Å². The summed E-state index contributed by atoms with van der Waals surface area (Å²) in [5, 5.41) is 4.81.